The van der Waals surface area contributed by atoms with Crippen molar-refractivity contribution in [2.24, 2.45) is 4.99 Å². The van der Waals surface area contributed by atoms with Crippen LogP contribution >= 0.6 is 11.6 Å². The average molecular weight is 341 g/mol. The number of nitrogens with zero attached hydrogens (tertiary/aromatic N) is 2. The van der Waals surface area contributed by atoms with Gasteiger partial charge >= 0.3 is 0 Å². The molecule has 0 aliphatic carbocycles. The summed E-state index contributed by atoms with van der Waals surface area (Å²) >= 11 is 5.93. The molecule has 0 saturated heterocycles. The minimum atomic E-state index is 0.192. The third-order valence-electron chi connectivity index (χ3n) is 5.20. The van der Waals surface area contributed by atoms with E-state index in [1.54, 1.807) is 0 Å². The van der Waals surface area contributed by atoms with E-state index in [1.807, 2.05) is 30.5 Å². The molecule has 3 rings (SSSR count). The standard InChI is InChI=1S/C21H25ClN2/c1-14-10-20-19(15(2)12-21(3,4)24(20)5)11-16(14)13-23-18-8-6-17(22)7-9-18/h6-11,13,15H,12H2,1-5H3. The Balaban J connectivity index is 1.97. The molecule has 0 spiro atoms. The van der Waals surface area contributed by atoms with Crippen LogP contribution in [0.3, 0.4) is 0 Å². The van der Waals surface area contributed by atoms with E-state index in [1.165, 1.54) is 22.4 Å². The van der Waals surface area contributed by atoms with Gasteiger partial charge in [0, 0.05) is 29.5 Å². The smallest absolute Gasteiger partial charge is 0.0630 e. The van der Waals surface area contributed by atoms with E-state index < -0.39 is 0 Å². The van der Waals surface area contributed by atoms with E-state index in [0.717, 1.165) is 17.1 Å². The van der Waals surface area contributed by atoms with Crippen LogP contribution < -0.4 is 4.90 Å². The summed E-state index contributed by atoms with van der Waals surface area (Å²) in [5.41, 5.74) is 6.31. The summed E-state index contributed by atoms with van der Waals surface area (Å²) < 4.78 is 0. The maximum absolute atomic E-state index is 5.93. The fraction of sp³-hybridized carbons (Fsp3) is 0.381. The number of fused-ring (bicyclic) bond motifs is 1. The van der Waals surface area contributed by atoms with Gasteiger partial charge in [-0.15, -0.1) is 0 Å². The maximum Gasteiger partial charge on any atom is 0.0630 e. The van der Waals surface area contributed by atoms with Crippen molar-refractivity contribution in [3.63, 3.8) is 0 Å². The summed E-state index contributed by atoms with van der Waals surface area (Å²) in [6, 6.07) is 12.2. The van der Waals surface area contributed by atoms with Gasteiger partial charge in [0.25, 0.3) is 0 Å². The summed E-state index contributed by atoms with van der Waals surface area (Å²) in [5.74, 6) is 0.550. The van der Waals surface area contributed by atoms with E-state index >= 15 is 0 Å². The maximum atomic E-state index is 5.93. The quantitative estimate of drug-likeness (QED) is 0.601. The van der Waals surface area contributed by atoms with Crippen LogP contribution in [0.2, 0.25) is 5.02 Å². The molecule has 0 bridgehead atoms. The highest BCUT2D eigenvalue weighted by Gasteiger charge is 2.34. The fourth-order valence-electron chi connectivity index (χ4n) is 3.54. The highest BCUT2D eigenvalue weighted by Crippen LogP contribution is 2.43. The lowest BCUT2D eigenvalue weighted by atomic mass is 9.79. The van der Waals surface area contributed by atoms with Crippen LogP contribution in [0.1, 0.15) is 49.8 Å². The molecule has 126 valence electrons. The number of rotatable bonds is 2. The van der Waals surface area contributed by atoms with Gasteiger partial charge in [-0.2, -0.15) is 0 Å². The molecule has 1 aliphatic rings. The van der Waals surface area contributed by atoms with Crippen LogP contribution in [-0.4, -0.2) is 18.8 Å². The van der Waals surface area contributed by atoms with Gasteiger partial charge in [-0.05, 0) is 86.2 Å². The Kier molecular flexibility index (Phi) is 4.44. The Bertz CT molecular complexity index is 775. The van der Waals surface area contributed by atoms with Crippen molar-refractivity contribution in [3.05, 3.63) is 58.1 Å². The monoisotopic (exact) mass is 340 g/mol. The lowest BCUT2D eigenvalue weighted by molar-refractivity contribution is 0.395. The zero-order valence-corrected chi connectivity index (χ0v) is 15.9. The molecule has 0 amide bonds. The van der Waals surface area contributed by atoms with Gasteiger partial charge in [0.2, 0.25) is 0 Å². The van der Waals surface area contributed by atoms with Crippen molar-refractivity contribution in [2.75, 3.05) is 11.9 Å². The largest absolute Gasteiger partial charge is 0.369 e. The van der Waals surface area contributed by atoms with Crippen LogP contribution in [0.25, 0.3) is 0 Å². The zero-order valence-electron chi connectivity index (χ0n) is 15.1. The lowest BCUT2D eigenvalue weighted by Gasteiger charge is -2.45. The minimum Gasteiger partial charge on any atom is -0.369 e. The first-order valence-corrected chi connectivity index (χ1v) is 8.84. The molecule has 0 aromatic heterocycles. The summed E-state index contributed by atoms with van der Waals surface area (Å²) in [4.78, 5) is 7.01. The molecule has 2 aromatic carbocycles. The average Bonchev–Trinajstić information content (AvgIpc) is 2.52. The number of aliphatic imine (C=N–C) groups is 1. The fourth-order valence-corrected chi connectivity index (χ4v) is 3.67. The Morgan fingerprint density at radius 2 is 1.88 bits per heavy atom. The van der Waals surface area contributed by atoms with E-state index in [2.05, 4.69) is 56.8 Å². The van der Waals surface area contributed by atoms with E-state index in [4.69, 9.17) is 11.6 Å². The molecule has 3 heteroatoms. The lowest BCUT2D eigenvalue weighted by Crippen LogP contribution is -2.45. The molecule has 2 aromatic rings. The van der Waals surface area contributed by atoms with Crippen molar-refractivity contribution < 1.29 is 0 Å². The van der Waals surface area contributed by atoms with Crippen LogP contribution in [0, 0.1) is 6.92 Å². The zero-order chi connectivity index (χ0) is 17.5. The molecule has 1 atom stereocenters. The first kappa shape index (κ1) is 17.0. The third-order valence-corrected chi connectivity index (χ3v) is 5.45. The predicted molar refractivity (Wildman–Crippen MR) is 105 cm³/mol. The number of anilines is 1. The molecule has 0 fully saturated rings. The highest BCUT2D eigenvalue weighted by molar-refractivity contribution is 6.30. The van der Waals surface area contributed by atoms with Crippen LogP contribution in [0.4, 0.5) is 11.4 Å². The molecule has 0 radical (unpaired) electrons. The Morgan fingerprint density at radius 3 is 2.54 bits per heavy atom. The second-order valence-electron chi connectivity index (χ2n) is 7.48. The molecule has 2 nitrogen and oxygen atoms in total. The van der Waals surface area contributed by atoms with Gasteiger partial charge in [-0.1, -0.05) is 18.5 Å². The third kappa shape index (κ3) is 3.21. The first-order chi connectivity index (χ1) is 11.3. The molecule has 0 N–H and O–H groups in total. The highest BCUT2D eigenvalue weighted by atomic mass is 35.5. The molecular formula is C21H25ClN2. The minimum absolute atomic E-state index is 0.192. The molecule has 1 aliphatic heterocycles. The number of benzene rings is 2. The van der Waals surface area contributed by atoms with Crippen LogP contribution in [0.5, 0.6) is 0 Å². The van der Waals surface area contributed by atoms with Crippen molar-refractivity contribution in [2.45, 2.75) is 45.6 Å². The van der Waals surface area contributed by atoms with Crippen LogP contribution in [0.15, 0.2) is 41.4 Å². The molecule has 1 unspecified atom stereocenters. The van der Waals surface area contributed by atoms with Gasteiger partial charge in [0.1, 0.15) is 0 Å². The molecule has 0 saturated carbocycles. The van der Waals surface area contributed by atoms with E-state index in [-0.39, 0.29) is 5.54 Å². The van der Waals surface area contributed by atoms with E-state index in [9.17, 15) is 0 Å². The number of aryl methyl sites for hydroxylation is 1. The summed E-state index contributed by atoms with van der Waals surface area (Å²) in [5, 5.41) is 0.735. The van der Waals surface area contributed by atoms with Gasteiger partial charge < -0.3 is 4.90 Å². The SMILES string of the molecule is Cc1cc2c(cc1C=Nc1ccc(Cl)cc1)C(C)CC(C)(C)N2C. The van der Waals surface area contributed by atoms with Crippen molar-refractivity contribution in [3.8, 4) is 0 Å². The van der Waals surface area contributed by atoms with Crippen molar-refractivity contribution in [1.82, 2.24) is 0 Å². The Labute approximate surface area is 150 Å². The molecule has 24 heavy (non-hydrogen) atoms. The van der Waals surface area contributed by atoms with Gasteiger partial charge in [-0.25, -0.2) is 0 Å². The Hall–Kier alpha value is -1.80. The predicted octanol–water partition coefficient (Wildman–Crippen LogP) is 6.12. The number of hydrogen-bond donors (Lipinski definition) is 0. The van der Waals surface area contributed by atoms with E-state index in [0.29, 0.717) is 5.92 Å². The number of halogens is 1. The van der Waals surface area contributed by atoms with Gasteiger partial charge in [0.05, 0.1) is 5.69 Å². The normalized spacial score (nSPS) is 19.6. The molecular weight excluding hydrogens is 316 g/mol. The van der Waals surface area contributed by atoms with Gasteiger partial charge in [0.15, 0.2) is 0 Å². The van der Waals surface area contributed by atoms with Crippen molar-refractivity contribution >= 4 is 29.2 Å². The molecule has 1 heterocycles. The number of hydrogen-bond acceptors (Lipinski definition) is 2. The topological polar surface area (TPSA) is 15.6 Å². The van der Waals surface area contributed by atoms with Gasteiger partial charge in [-0.3, -0.25) is 4.99 Å². The Morgan fingerprint density at radius 1 is 1.21 bits per heavy atom. The first-order valence-electron chi connectivity index (χ1n) is 8.46. The summed E-state index contributed by atoms with van der Waals surface area (Å²) in [6.45, 7) is 9.11. The second-order valence-corrected chi connectivity index (χ2v) is 7.92. The van der Waals surface area contributed by atoms with Crippen LogP contribution in [-0.2, 0) is 0 Å². The van der Waals surface area contributed by atoms with Crippen molar-refractivity contribution in [1.29, 1.82) is 0 Å². The summed E-state index contributed by atoms with van der Waals surface area (Å²) in [7, 11) is 2.20. The second kappa shape index (κ2) is 6.25. The summed E-state index contributed by atoms with van der Waals surface area (Å²) in [6.07, 6.45) is 3.12.